The predicted molar refractivity (Wildman–Crippen MR) is 72.7 cm³/mol. The molecule has 6 nitrogen and oxygen atoms in total. The van der Waals surface area contributed by atoms with Gasteiger partial charge in [-0.15, -0.1) is 11.3 Å². The van der Waals surface area contributed by atoms with Gasteiger partial charge in [0.25, 0.3) is 5.69 Å². The van der Waals surface area contributed by atoms with E-state index in [1.807, 2.05) is 12.3 Å². The number of hydrogen-bond donors (Lipinski definition) is 1. The van der Waals surface area contributed by atoms with Crippen molar-refractivity contribution in [2.45, 2.75) is 13.5 Å². The van der Waals surface area contributed by atoms with Crippen molar-refractivity contribution < 1.29 is 9.72 Å². The van der Waals surface area contributed by atoms with E-state index in [1.54, 1.807) is 0 Å². The summed E-state index contributed by atoms with van der Waals surface area (Å²) in [7, 11) is 0. The molecule has 2 aromatic rings. The molecule has 1 aromatic carbocycles. The number of carbonyl (C=O) groups excluding carboxylic acids is 1. The van der Waals surface area contributed by atoms with Crippen LogP contribution in [0.25, 0.3) is 0 Å². The number of benzene rings is 1. The molecule has 0 spiro atoms. The fourth-order valence-corrected chi connectivity index (χ4v) is 2.29. The van der Waals surface area contributed by atoms with Crippen molar-refractivity contribution in [3.8, 4) is 0 Å². The second-order valence-electron chi connectivity index (χ2n) is 3.89. The van der Waals surface area contributed by atoms with Crippen molar-refractivity contribution in [1.82, 2.24) is 4.98 Å². The molecule has 1 N–H and O–H groups in total. The van der Waals surface area contributed by atoms with E-state index >= 15 is 0 Å². The van der Waals surface area contributed by atoms with Gasteiger partial charge >= 0.3 is 0 Å². The van der Waals surface area contributed by atoms with E-state index in [0.717, 1.165) is 10.7 Å². The first kappa shape index (κ1) is 13.2. The van der Waals surface area contributed by atoms with E-state index < -0.39 is 4.92 Å². The number of aldehydes is 1. The van der Waals surface area contributed by atoms with Gasteiger partial charge in [-0.25, -0.2) is 4.98 Å². The van der Waals surface area contributed by atoms with E-state index in [0.29, 0.717) is 18.5 Å². The molecule has 0 unspecified atom stereocenters. The Morgan fingerprint density at radius 2 is 2.32 bits per heavy atom. The Morgan fingerprint density at radius 3 is 2.89 bits per heavy atom. The molecule has 0 saturated heterocycles. The van der Waals surface area contributed by atoms with Crippen molar-refractivity contribution in [1.29, 1.82) is 0 Å². The standard InChI is InChI=1S/C12H11N3O3S/c1-8-7-19-12(14-8)5-13-10-3-2-9(6-16)4-11(10)15(17)18/h2-4,6-7,13H,5H2,1H3. The fourth-order valence-electron chi connectivity index (χ4n) is 1.58. The molecule has 0 saturated carbocycles. The zero-order chi connectivity index (χ0) is 13.8. The molecule has 2 rings (SSSR count). The molecule has 0 atom stereocenters. The molecule has 0 radical (unpaired) electrons. The lowest BCUT2D eigenvalue weighted by molar-refractivity contribution is -0.384. The molecule has 0 bridgehead atoms. The minimum absolute atomic E-state index is 0.113. The summed E-state index contributed by atoms with van der Waals surface area (Å²) >= 11 is 1.49. The topological polar surface area (TPSA) is 85.1 Å². The molecule has 19 heavy (non-hydrogen) atoms. The molecule has 1 heterocycles. The number of thiazole rings is 1. The van der Waals surface area contributed by atoms with Crippen molar-refractivity contribution in [2.24, 2.45) is 0 Å². The number of carbonyl (C=O) groups is 1. The van der Waals surface area contributed by atoms with Crippen molar-refractivity contribution in [3.63, 3.8) is 0 Å². The minimum atomic E-state index is -0.511. The summed E-state index contributed by atoms with van der Waals surface area (Å²) < 4.78 is 0. The minimum Gasteiger partial charge on any atom is -0.373 e. The summed E-state index contributed by atoms with van der Waals surface area (Å²) in [5.41, 5.74) is 1.47. The van der Waals surface area contributed by atoms with Gasteiger partial charge in [0.05, 0.1) is 11.5 Å². The van der Waals surface area contributed by atoms with Crippen LogP contribution >= 0.6 is 11.3 Å². The second-order valence-corrected chi connectivity index (χ2v) is 4.83. The number of rotatable bonds is 5. The number of anilines is 1. The van der Waals surface area contributed by atoms with Gasteiger partial charge in [0, 0.05) is 22.7 Å². The van der Waals surface area contributed by atoms with Gasteiger partial charge in [0.1, 0.15) is 17.0 Å². The molecule has 7 heteroatoms. The fraction of sp³-hybridized carbons (Fsp3) is 0.167. The van der Waals surface area contributed by atoms with Gasteiger partial charge in [0.15, 0.2) is 0 Å². The lowest BCUT2D eigenvalue weighted by Crippen LogP contribution is -2.03. The summed E-state index contributed by atoms with van der Waals surface area (Å²) in [5.74, 6) is 0. The van der Waals surface area contributed by atoms with Crippen molar-refractivity contribution in [2.75, 3.05) is 5.32 Å². The van der Waals surface area contributed by atoms with Crippen LogP contribution in [0.3, 0.4) is 0 Å². The van der Waals surface area contributed by atoms with Gasteiger partial charge in [-0.3, -0.25) is 14.9 Å². The lowest BCUT2D eigenvalue weighted by Gasteiger charge is -2.05. The van der Waals surface area contributed by atoms with Gasteiger partial charge in [-0.1, -0.05) is 0 Å². The van der Waals surface area contributed by atoms with Gasteiger partial charge < -0.3 is 5.32 Å². The van der Waals surface area contributed by atoms with E-state index in [1.165, 1.54) is 29.5 Å². The molecule has 0 fully saturated rings. The molecule has 0 aliphatic rings. The number of nitro benzene ring substituents is 1. The summed E-state index contributed by atoms with van der Waals surface area (Å²) in [4.78, 5) is 25.3. The van der Waals surface area contributed by atoms with Crippen molar-refractivity contribution >= 4 is 29.0 Å². The Balaban J connectivity index is 2.19. The Hall–Kier alpha value is -2.28. The largest absolute Gasteiger partial charge is 0.373 e. The van der Waals surface area contributed by atoms with Crippen LogP contribution < -0.4 is 5.32 Å². The number of nitrogens with zero attached hydrogens (tertiary/aromatic N) is 2. The first-order chi connectivity index (χ1) is 9.10. The predicted octanol–water partition coefficient (Wildman–Crippen LogP) is 2.78. The maximum Gasteiger partial charge on any atom is 0.293 e. The normalized spacial score (nSPS) is 10.2. The number of aryl methyl sites for hydroxylation is 1. The zero-order valence-corrected chi connectivity index (χ0v) is 10.9. The van der Waals surface area contributed by atoms with Crippen molar-refractivity contribution in [3.05, 3.63) is 50.0 Å². The van der Waals surface area contributed by atoms with E-state index in [4.69, 9.17) is 0 Å². The average molecular weight is 277 g/mol. The summed E-state index contributed by atoms with van der Waals surface area (Å²) in [5, 5.41) is 16.7. The van der Waals surface area contributed by atoms with Gasteiger partial charge in [-0.2, -0.15) is 0 Å². The lowest BCUT2D eigenvalue weighted by atomic mass is 10.2. The molecular weight excluding hydrogens is 266 g/mol. The Labute approximate surface area is 113 Å². The quantitative estimate of drug-likeness (QED) is 0.516. The van der Waals surface area contributed by atoms with Crippen LogP contribution in [0.4, 0.5) is 11.4 Å². The third kappa shape index (κ3) is 3.14. The highest BCUT2D eigenvalue weighted by molar-refractivity contribution is 7.09. The number of nitro groups is 1. The third-order valence-electron chi connectivity index (χ3n) is 2.45. The van der Waals surface area contributed by atoms with E-state index in [2.05, 4.69) is 10.3 Å². The molecule has 0 aliphatic carbocycles. The zero-order valence-electron chi connectivity index (χ0n) is 10.1. The monoisotopic (exact) mass is 277 g/mol. The number of hydrogen-bond acceptors (Lipinski definition) is 6. The Morgan fingerprint density at radius 1 is 1.53 bits per heavy atom. The first-order valence-electron chi connectivity index (χ1n) is 5.48. The smallest absolute Gasteiger partial charge is 0.293 e. The van der Waals surface area contributed by atoms with E-state index in [-0.39, 0.29) is 11.3 Å². The molecule has 0 aliphatic heterocycles. The average Bonchev–Trinajstić information content (AvgIpc) is 2.82. The van der Waals surface area contributed by atoms with Crippen LogP contribution in [0, 0.1) is 17.0 Å². The Bertz CT molecular complexity index is 624. The highest BCUT2D eigenvalue weighted by Gasteiger charge is 2.14. The molecule has 0 amide bonds. The van der Waals surface area contributed by atoms with Crippen LogP contribution in [-0.4, -0.2) is 16.2 Å². The van der Waals surface area contributed by atoms with Gasteiger partial charge in [-0.05, 0) is 19.1 Å². The number of aromatic nitrogens is 1. The highest BCUT2D eigenvalue weighted by atomic mass is 32.1. The second kappa shape index (κ2) is 5.57. The SMILES string of the molecule is Cc1csc(CNc2ccc(C=O)cc2[N+](=O)[O-])n1. The third-order valence-corrected chi connectivity index (χ3v) is 3.42. The summed E-state index contributed by atoms with van der Waals surface area (Å²) in [6.45, 7) is 2.31. The van der Waals surface area contributed by atoms with Gasteiger partial charge in [0.2, 0.25) is 0 Å². The van der Waals surface area contributed by atoms with E-state index in [9.17, 15) is 14.9 Å². The molecule has 98 valence electrons. The summed E-state index contributed by atoms with van der Waals surface area (Å²) in [6.07, 6.45) is 0.584. The van der Waals surface area contributed by atoms with Crippen LogP contribution in [-0.2, 0) is 6.54 Å². The Kier molecular flexibility index (Phi) is 3.86. The van der Waals surface area contributed by atoms with Crippen LogP contribution in [0.15, 0.2) is 23.6 Å². The van der Waals surface area contributed by atoms with Crippen LogP contribution in [0.2, 0.25) is 0 Å². The maximum absolute atomic E-state index is 10.9. The maximum atomic E-state index is 10.9. The molecular formula is C12H11N3O3S. The first-order valence-corrected chi connectivity index (χ1v) is 6.36. The van der Waals surface area contributed by atoms with Crippen LogP contribution in [0.5, 0.6) is 0 Å². The van der Waals surface area contributed by atoms with Crippen LogP contribution in [0.1, 0.15) is 21.1 Å². The number of nitrogens with one attached hydrogen (secondary N) is 1. The highest BCUT2D eigenvalue weighted by Crippen LogP contribution is 2.25. The summed E-state index contributed by atoms with van der Waals surface area (Å²) in [6, 6.07) is 4.32. The molecule has 1 aromatic heterocycles.